The normalized spacial score (nSPS) is 14.2. The Morgan fingerprint density at radius 1 is 1.46 bits per heavy atom. The summed E-state index contributed by atoms with van der Waals surface area (Å²) in [7, 11) is 4.54. The van der Waals surface area contributed by atoms with Crippen LogP contribution in [0.25, 0.3) is 0 Å². The average molecular weight is 189 g/mol. The van der Waals surface area contributed by atoms with E-state index in [0.29, 0.717) is 0 Å². The third-order valence-corrected chi connectivity index (χ3v) is 1.42. The molecule has 2 nitrogen and oxygen atoms in total. The summed E-state index contributed by atoms with van der Waals surface area (Å²) in [5, 5.41) is 0. The molecule has 0 saturated carbocycles. The summed E-state index contributed by atoms with van der Waals surface area (Å²) in [6.07, 6.45) is -4.20. The monoisotopic (exact) mass is 189 g/mol. The van der Waals surface area contributed by atoms with E-state index < -0.39 is 12.3 Å². The van der Waals surface area contributed by atoms with Crippen molar-refractivity contribution in [1.82, 2.24) is 4.98 Å². The second-order valence-electron chi connectivity index (χ2n) is 2.34. The van der Waals surface area contributed by atoms with E-state index >= 15 is 0 Å². The van der Waals surface area contributed by atoms with Gasteiger partial charge in [-0.3, -0.25) is 4.98 Å². The van der Waals surface area contributed by atoms with Crippen LogP contribution in [0.2, 0.25) is 0 Å². The van der Waals surface area contributed by atoms with Gasteiger partial charge in [-0.1, -0.05) is 6.07 Å². The lowest BCUT2D eigenvalue weighted by molar-refractivity contribution is -0.210. The summed E-state index contributed by atoms with van der Waals surface area (Å²) in [5.74, 6) is 0. The van der Waals surface area contributed by atoms with E-state index in [0.717, 1.165) is 6.20 Å². The third kappa shape index (κ3) is 2.42. The van der Waals surface area contributed by atoms with Gasteiger partial charge in [-0.05, 0) is 6.07 Å². The molecule has 0 amide bonds. The lowest BCUT2D eigenvalue weighted by atomic mass is 10.1. The summed E-state index contributed by atoms with van der Waals surface area (Å²) < 4.78 is 40.4. The number of rotatable bonds is 2. The van der Waals surface area contributed by atoms with Gasteiger partial charge in [0.25, 0.3) is 0 Å². The van der Waals surface area contributed by atoms with Crippen molar-refractivity contribution in [3.05, 3.63) is 37.2 Å². The number of halogens is 3. The number of pyridine rings is 1. The summed E-state index contributed by atoms with van der Waals surface area (Å²) in [5.41, 5.74) is -0.113. The maximum Gasteiger partial charge on any atom is 0.418 e. The molecule has 1 atom stereocenters. The lowest BCUT2D eigenvalue weighted by Crippen LogP contribution is -2.21. The molecule has 0 N–H and O–H groups in total. The van der Waals surface area contributed by atoms with Gasteiger partial charge in [0, 0.05) is 18.0 Å². The molecule has 0 fully saturated rings. The largest absolute Gasteiger partial charge is 0.418 e. The molecule has 0 aliphatic rings. The number of ether oxygens (including phenoxy) is 1. The van der Waals surface area contributed by atoms with Gasteiger partial charge >= 0.3 is 6.18 Å². The van der Waals surface area contributed by atoms with Crippen molar-refractivity contribution in [2.24, 2.45) is 0 Å². The zero-order valence-corrected chi connectivity index (χ0v) is 6.45. The van der Waals surface area contributed by atoms with Crippen LogP contribution in [0.1, 0.15) is 11.7 Å². The Labute approximate surface area is 73.4 Å². The highest BCUT2D eigenvalue weighted by Crippen LogP contribution is 2.34. The SMILES string of the molecule is [CH]OC(c1cccnc1)C(F)(F)F. The first-order valence-electron chi connectivity index (χ1n) is 3.38. The molecule has 2 radical (unpaired) electrons. The molecule has 1 unspecified atom stereocenters. The maximum atomic E-state index is 12.2. The van der Waals surface area contributed by atoms with E-state index in [1.165, 1.54) is 18.3 Å². The summed E-state index contributed by atoms with van der Waals surface area (Å²) in [4.78, 5) is 3.53. The summed E-state index contributed by atoms with van der Waals surface area (Å²) in [6, 6.07) is 2.63. The van der Waals surface area contributed by atoms with Crippen LogP contribution in [0.15, 0.2) is 24.5 Å². The van der Waals surface area contributed by atoms with Crippen LogP contribution >= 0.6 is 0 Å². The van der Waals surface area contributed by atoms with Crippen molar-refractivity contribution in [2.45, 2.75) is 12.3 Å². The Kier molecular flexibility index (Phi) is 2.87. The van der Waals surface area contributed by atoms with Crippen molar-refractivity contribution in [1.29, 1.82) is 0 Å². The zero-order valence-electron chi connectivity index (χ0n) is 6.45. The molecule has 0 spiro atoms. The van der Waals surface area contributed by atoms with Gasteiger partial charge in [0.05, 0.1) is 0 Å². The third-order valence-electron chi connectivity index (χ3n) is 1.42. The molecule has 5 heteroatoms. The molecule has 0 aliphatic carbocycles. The van der Waals surface area contributed by atoms with E-state index in [4.69, 9.17) is 0 Å². The summed E-state index contributed by atoms with van der Waals surface area (Å²) in [6.45, 7) is 0. The molecule has 1 aromatic heterocycles. The number of hydrogen-bond acceptors (Lipinski definition) is 2. The Morgan fingerprint density at radius 2 is 2.15 bits per heavy atom. The topological polar surface area (TPSA) is 22.1 Å². The maximum absolute atomic E-state index is 12.2. The Balaban J connectivity index is 2.92. The summed E-state index contributed by atoms with van der Waals surface area (Å²) >= 11 is 0. The molecule has 1 heterocycles. The minimum Gasteiger partial charge on any atom is -0.355 e. The fraction of sp³-hybridized carbons (Fsp3) is 0.250. The van der Waals surface area contributed by atoms with Gasteiger partial charge in [0.15, 0.2) is 6.10 Å². The second-order valence-corrected chi connectivity index (χ2v) is 2.34. The van der Waals surface area contributed by atoms with Gasteiger partial charge < -0.3 is 4.74 Å². The predicted molar refractivity (Wildman–Crippen MR) is 38.4 cm³/mol. The first-order chi connectivity index (χ1) is 6.05. The van der Waals surface area contributed by atoms with E-state index in [1.54, 1.807) is 0 Å². The molecule has 0 saturated heterocycles. The van der Waals surface area contributed by atoms with Crippen LogP contribution < -0.4 is 0 Å². The van der Waals surface area contributed by atoms with Gasteiger partial charge in [-0.2, -0.15) is 13.2 Å². The van der Waals surface area contributed by atoms with Gasteiger partial charge in [0.1, 0.15) is 7.11 Å². The Hall–Kier alpha value is -1.10. The van der Waals surface area contributed by atoms with Crippen LogP contribution in [0.3, 0.4) is 0 Å². The smallest absolute Gasteiger partial charge is 0.355 e. The van der Waals surface area contributed by atoms with Crippen LogP contribution in [0.4, 0.5) is 13.2 Å². The molecule has 70 valence electrons. The van der Waals surface area contributed by atoms with Crippen LogP contribution in [-0.4, -0.2) is 11.2 Å². The van der Waals surface area contributed by atoms with Crippen molar-refractivity contribution in [3.8, 4) is 0 Å². The molecule has 13 heavy (non-hydrogen) atoms. The fourth-order valence-corrected chi connectivity index (χ4v) is 0.876. The first-order valence-corrected chi connectivity index (χ1v) is 3.38. The van der Waals surface area contributed by atoms with Gasteiger partial charge in [-0.15, -0.1) is 0 Å². The molecule has 0 aliphatic heterocycles. The van der Waals surface area contributed by atoms with Gasteiger partial charge in [-0.25, -0.2) is 0 Å². The Bertz CT molecular complexity index is 260. The van der Waals surface area contributed by atoms with E-state index in [1.807, 2.05) is 0 Å². The molecular formula is C8H6F3NO. The second kappa shape index (κ2) is 3.74. The number of hydrogen-bond donors (Lipinski definition) is 0. The quantitative estimate of drug-likeness (QED) is 0.712. The van der Waals surface area contributed by atoms with Crippen LogP contribution in [0.5, 0.6) is 0 Å². The standard InChI is InChI=1S/C8H6F3NO/c1-13-7(8(9,10)11)6-3-2-4-12-5-6/h1-5,7H. The number of aromatic nitrogens is 1. The minimum absolute atomic E-state index is 0.113. The molecule has 0 aromatic carbocycles. The molecule has 0 bridgehead atoms. The van der Waals surface area contributed by atoms with Crippen molar-refractivity contribution in [3.63, 3.8) is 0 Å². The highest BCUT2D eigenvalue weighted by atomic mass is 19.4. The highest BCUT2D eigenvalue weighted by Gasteiger charge is 2.41. The van der Waals surface area contributed by atoms with Gasteiger partial charge in [0.2, 0.25) is 0 Å². The minimum atomic E-state index is -4.52. The number of alkyl halides is 3. The molecule has 1 rings (SSSR count). The van der Waals surface area contributed by atoms with E-state index in [9.17, 15) is 13.2 Å². The fourth-order valence-electron chi connectivity index (χ4n) is 0.876. The average Bonchev–Trinajstić information content (AvgIpc) is 2.05. The highest BCUT2D eigenvalue weighted by molar-refractivity contribution is 5.13. The Morgan fingerprint density at radius 3 is 2.54 bits per heavy atom. The van der Waals surface area contributed by atoms with Crippen molar-refractivity contribution in [2.75, 3.05) is 0 Å². The van der Waals surface area contributed by atoms with Crippen LogP contribution in [0, 0.1) is 7.11 Å². The predicted octanol–water partition coefficient (Wildman–Crippen LogP) is 2.37. The first kappa shape index (κ1) is 9.98. The molecular weight excluding hydrogens is 183 g/mol. The van der Waals surface area contributed by atoms with E-state index in [-0.39, 0.29) is 5.56 Å². The lowest BCUT2D eigenvalue weighted by Gasteiger charge is -2.17. The van der Waals surface area contributed by atoms with Crippen LogP contribution in [-0.2, 0) is 4.74 Å². The molecule has 1 aromatic rings. The van der Waals surface area contributed by atoms with Crippen molar-refractivity contribution < 1.29 is 17.9 Å². The number of nitrogens with zero attached hydrogens (tertiary/aromatic N) is 1. The van der Waals surface area contributed by atoms with E-state index in [2.05, 4.69) is 16.8 Å². The zero-order chi connectivity index (χ0) is 9.90. The van der Waals surface area contributed by atoms with Crippen molar-refractivity contribution >= 4 is 0 Å².